The number of carbonyl (C=O) groups excluding carboxylic acids is 2. The van der Waals surface area contributed by atoms with Crippen LogP contribution in [0.25, 0.3) is 0 Å². The maximum atomic E-state index is 13.1. The smallest absolute Gasteiger partial charge is 0.233 e. The van der Waals surface area contributed by atoms with E-state index >= 15 is 0 Å². The fourth-order valence-electron chi connectivity index (χ4n) is 6.86. The molecule has 1 aromatic heterocycles. The van der Waals surface area contributed by atoms with Crippen LogP contribution < -0.4 is 4.90 Å². The van der Waals surface area contributed by atoms with Crippen LogP contribution in [0.3, 0.4) is 0 Å². The predicted octanol–water partition coefficient (Wildman–Crippen LogP) is 1.82. The van der Waals surface area contributed by atoms with Crippen molar-refractivity contribution in [3.05, 3.63) is 30.6 Å². The topological polar surface area (TPSA) is 69.6 Å². The van der Waals surface area contributed by atoms with Crippen LogP contribution in [0.5, 0.6) is 0 Å². The van der Waals surface area contributed by atoms with Gasteiger partial charge in [0.15, 0.2) is 0 Å². The van der Waals surface area contributed by atoms with Gasteiger partial charge in [-0.3, -0.25) is 19.4 Å². The van der Waals surface area contributed by atoms with E-state index in [4.69, 9.17) is 0 Å². The van der Waals surface area contributed by atoms with Crippen LogP contribution in [0.15, 0.2) is 30.6 Å². The van der Waals surface area contributed by atoms with E-state index in [1.165, 1.54) is 12.8 Å². The van der Waals surface area contributed by atoms with Gasteiger partial charge in [0.1, 0.15) is 0 Å². The normalized spacial score (nSPS) is 36.5. The van der Waals surface area contributed by atoms with Crippen molar-refractivity contribution in [2.24, 2.45) is 35.5 Å². The third-order valence-corrected chi connectivity index (χ3v) is 8.56. The van der Waals surface area contributed by atoms with E-state index < -0.39 is 0 Å². The Labute approximate surface area is 183 Å². The Kier molecular flexibility index (Phi) is 4.82. The Hall–Kier alpha value is -2.28. The third-order valence-electron chi connectivity index (χ3n) is 8.56. The van der Waals surface area contributed by atoms with Gasteiger partial charge in [0.25, 0.3) is 0 Å². The van der Waals surface area contributed by atoms with Crippen LogP contribution in [0.2, 0.25) is 0 Å². The zero-order valence-electron chi connectivity index (χ0n) is 18.0. The molecule has 7 heteroatoms. The van der Waals surface area contributed by atoms with Crippen LogP contribution in [0, 0.1) is 35.5 Å². The zero-order chi connectivity index (χ0) is 20.9. The summed E-state index contributed by atoms with van der Waals surface area (Å²) in [6.45, 7) is 5.49. The van der Waals surface area contributed by atoms with Gasteiger partial charge >= 0.3 is 0 Å². The summed E-state index contributed by atoms with van der Waals surface area (Å²) in [4.78, 5) is 41.3. The zero-order valence-corrected chi connectivity index (χ0v) is 18.0. The minimum atomic E-state index is -0.0580. The highest BCUT2D eigenvalue weighted by atomic mass is 16.2. The van der Waals surface area contributed by atoms with Gasteiger partial charge < -0.3 is 4.90 Å². The van der Waals surface area contributed by atoms with Gasteiger partial charge in [0.05, 0.1) is 11.8 Å². The highest BCUT2D eigenvalue weighted by molar-refractivity contribution is 6.06. The predicted molar refractivity (Wildman–Crippen MR) is 116 cm³/mol. The Morgan fingerprint density at radius 1 is 0.806 bits per heavy atom. The number of nitrogens with zero attached hydrogens (tertiary/aromatic N) is 5. The van der Waals surface area contributed by atoms with Crippen LogP contribution in [0.1, 0.15) is 25.7 Å². The second-order valence-corrected chi connectivity index (χ2v) is 9.91. The molecule has 2 saturated heterocycles. The van der Waals surface area contributed by atoms with Crippen molar-refractivity contribution in [2.45, 2.75) is 25.7 Å². The standard InChI is InChI=1S/C24H31N5O2/c30-22-20-18-6-7-19(17-5-4-16(17)18)21(20)23(31)29(22)11-2-1-10-27-12-14-28(15-13-27)24-25-8-3-9-26-24/h3,6-9,16-21H,1-2,4-5,10-15H2. The van der Waals surface area contributed by atoms with Crippen molar-refractivity contribution in [3.8, 4) is 0 Å². The van der Waals surface area contributed by atoms with Gasteiger partial charge in [-0.05, 0) is 62.0 Å². The molecule has 4 fully saturated rings. The first kappa shape index (κ1) is 19.4. The Morgan fingerprint density at radius 2 is 1.39 bits per heavy atom. The van der Waals surface area contributed by atoms with Gasteiger partial charge in [-0.15, -0.1) is 0 Å². The minimum Gasteiger partial charge on any atom is -0.338 e. The summed E-state index contributed by atoms with van der Waals surface area (Å²) < 4.78 is 0. The Balaban J connectivity index is 0.983. The molecule has 0 radical (unpaired) electrons. The molecule has 4 aliphatic carbocycles. The molecule has 3 heterocycles. The maximum absolute atomic E-state index is 13.1. The molecule has 2 amide bonds. The lowest BCUT2D eigenvalue weighted by Crippen LogP contribution is -2.53. The number of unbranched alkanes of at least 4 members (excludes halogenated alkanes) is 1. The fourth-order valence-corrected chi connectivity index (χ4v) is 6.86. The van der Waals surface area contributed by atoms with Crippen LogP contribution in [-0.4, -0.2) is 70.9 Å². The van der Waals surface area contributed by atoms with Gasteiger partial charge in [-0.25, -0.2) is 9.97 Å². The van der Waals surface area contributed by atoms with E-state index in [0.29, 0.717) is 30.2 Å². The molecular weight excluding hydrogens is 390 g/mol. The number of allylic oxidation sites excluding steroid dienone is 2. The molecule has 6 unspecified atom stereocenters. The largest absolute Gasteiger partial charge is 0.338 e. The molecule has 1 aromatic rings. The first-order chi connectivity index (χ1) is 15.2. The van der Waals surface area contributed by atoms with Gasteiger partial charge in [0.2, 0.25) is 17.8 Å². The number of anilines is 1. The number of piperazine rings is 1. The molecule has 6 aliphatic rings. The van der Waals surface area contributed by atoms with Crippen molar-refractivity contribution in [1.29, 1.82) is 0 Å². The first-order valence-electron chi connectivity index (χ1n) is 12.0. The summed E-state index contributed by atoms with van der Waals surface area (Å²) in [6.07, 6.45) is 12.5. The van der Waals surface area contributed by atoms with Gasteiger partial charge in [-0.2, -0.15) is 0 Å². The number of hydrogen-bond donors (Lipinski definition) is 0. The summed E-state index contributed by atoms with van der Waals surface area (Å²) in [6, 6.07) is 1.84. The molecule has 6 atom stereocenters. The van der Waals surface area contributed by atoms with Gasteiger partial charge in [-0.1, -0.05) is 12.2 Å². The maximum Gasteiger partial charge on any atom is 0.233 e. The molecular formula is C24H31N5O2. The lowest BCUT2D eigenvalue weighted by atomic mass is 9.47. The van der Waals surface area contributed by atoms with Gasteiger partial charge in [0, 0.05) is 45.1 Å². The SMILES string of the molecule is O=C1C2C3C=CC(C4CCC34)C2C(=O)N1CCCCN1CCN(c2ncccn2)CC1. The fraction of sp³-hybridized carbons (Fsp3) is 0.667. The highest BCUT2D eigenvalue weighted by Crippen LogP contribution is 2.61. The second kappa shape index (κ2) is 7.69. The lowest BCUT2D eigenvalue weighted by Gasteiger charge is -2.55. The van der Waals surface area contributed by atoms with E-state index in [-0.39, 0.29) is 23.7 Å². The summed E-state index contributed by atoms with van der Waals surface area (Å²) in [5.41, 5.74) is 0. The van der Waals surface area contributed by atoms with Crippen molar-refractivity contribution >= 4 is 17.8 Å². The van der Waals surface area contributed by atoms with Crippen molar-refractivity contribution in [1.82, 2.24) is 19.8 Å². The molecule has 2 saturated carbocycles. The molecule has 31 heavy (non-hydrogen) atoms. The molecule has 2 aliphatic heterocycles. The quantitative estimate of drug-likeness (QED) is 0.397. The number of carbonyl (C=O) groups is 2. The monoisotopic (exact) mass is 421 g/mol. The third kappa shape index (κ3) is 3.12. The van der Waals surface area contributed by atoms with E-state index in [0.717, 1.165) is 51.5 Å². The first-order valence-corrected chi connectivity index (χ1v) is 12.0. The highest BCUT2D eigenvalue weighted by Gasteiger charge is 2.63. The van der Waals surface area contributed by atoms with Crippen molar-refractivity contribution in [2.75, 3.05) is 44.2 Å². The van der Waals surface area contributed by atoms with Crippen LogP contribution in [0.4, 0.5) is 5.95 Å². The number of aromatic nitrogens is 2. The Morgan fingerprint density at radius 3 is 1.97 bits per heavy atom. The molecule has 0 aromatic carbocycles. The van der Waals surface area contributed by atoms with E-state index in [9.17, 15) is 9.59 Å². The number of imide groups is 1. The summed E-state index contributed by atoms with van der Waals surface area (Å²) in [5.74, 6) is 2.90. The summed E-state index contributed by atoms with van der Waals surface area (Å²) >= 11 is 0. The lowest BCUT2D eigenvalue weighted by molar-refractivity contribution is -0.140. The summed E-state index contributed by atoms with van der Waals surface area (Å²) in [7, 11) is 0. The second-order valence-electron chi connectivity index (χ2n) is 9.91. The van der Waals surface area contributed by atoms with E-state index in [1.54, 1.807) is 17.3 Å². The van der Waals surface area contributed by atoms with Crippen LogP contribution in [-0.2, 0) is 9.59 Å². The van der Waals surface area contributed by atoms with E-state index in [1.807, 2.05) is 6.07 Å². The molecule has 0 N–H and O–H groups in total. The van der Waals surface area contributed by atoms with Crippen molar-refractivity contribution in [3.63, 3.8) is 0 Å². The van der Waals surface area contributed by atoms with Crippen LogP contribution >= 0.6 is 0 Å². The average Bonchev–Trinajstić information content (AvgIpc) is 3.04. The Bertz CT molecular complexity index is 843. The molecule has 7 rings (SSSR count). The molecule has 7 nitrogen and oxygen atoms in total. The number of hydrogen-bond acceptors (Lipinski definition) is 6. The molecule has 0 spiro atoms. The number of amides is 2. The number of rotatable bonds is 6. The van der Waals surface area contributed by atoms with Crippen molar-refractivity contribution < 1.29 is 9.59 Å². The average molecular weight is 422 g/mol. The van der Waals surface area contributed by atoms with E-state index in [2.05, 4.69) is 31.9 Å². The summed E-state index contributed by atoms with van der Waals surface area (Å²) in [5, 5.41) is 0. The number of likely N-dealkylation sites (tertiary alicyclic amines) is 1. The molecule has 164 valence electrons. The minimum absolute atomic E-state index is 0.0580. The molecule has 2 bridgehead atoms.